The summed E-state index contributed by atoms with van der Waals surface area (Å²) in [4.78, 5) is 25.8. The van der Waals surface area contributed by atoms with E-state index in [1.807, 2.05) is 29.7 Å². The number of primary amides is 1. The van der Waals surface area contributed by atoms with Crippen LogP contribution in [0.15, 0.2) is 67.0 Å². The molecule has 3 aromatic heterocycles. The van der Waals surface area contributed by atoms with E-state index in [1.165, 1.54) is 12.1 Å². The molecule has 10 heteroatoms. The standard InChI is InChI=1S/C24H22F3N5O2/c1-15(19-5-2-3-11-29-19)18(22(28)33)13-21-31-20-6-4-12-30-23(20)32(21)14-16-7-9-17(10-8-16)34-24(25,26)27/h2-12,15,18H,13-14H2,1H3,(H2,28,33)/t15-,18?/m0/s1. The molecule has 0 saturated carbocycles. The Morgan fingerprint density at radius 3 is 2.44 bits per heavy atom. The highest BCUT2D eigenvalue weighted by molar-refractivity contribution is 5.78. The largest absolute Gasteiger partial charge is 0.573 e. The second kappa shape index (κ2) is 9.50. The first-order valence-electron chi connectivity index (χ1n) is 10.6. The molecule has 2 N–H and O–H groups in total. The summed E-state index contributed by atoms with van der Waals surface area (Å²) in [5.41, 5.74) is 8.46. The van der Waals surface area contributed by atoms with Gasteiger partial charge in [0.1, 0.15) is 17.1 Å². The van der Waals surface area contributed by atoms with E-state index in [0.717, 1.165) is 5.69 Å². The van der Waals surface area contributed by atoms with Crippen molar-refractivity contribution in [2.75, 3.05) is 0 Å². The first-order valence-corrected chi connectivity index (χ1v) is 10.6. The van der Waals surface area contributed by atoms with E-state index in [0.29, 0.717) is 29.1 Å². The van der Waals surface area contributed by atoms with Crippen molar-refractivity contribution in [3.63, 3.8) is 0 Å². The number of hydrogen-bond acceptors (Lipinski definition) is 5. The zero-order valence-electron chi connectivity index (χ0n) is 18.2. The maximum absolute atomic E-state index is 12.5. The number of aromatic nitrogens is 4. The number of imidazole rings is 1. The van der Waals surface area contributed by atoms with Gasteiger partial charge in [0, 0.05) is 30.4 Å². The topological polar surface area (TPSA) is 95.9 Å². The first-order chi connectivity index (χ1) is 16.2. The molecule has 0 aliphatic heterocycles. The zero-order chi connectivity index (χ0) is 24.3. The predicted octanol–water partition coefficient (Wildman–Crippen LogP) is 4.22. The molecule has 0 aliphatic carbocycles. The fourth-order valence-corrected chi connectivity index (χ4v) is 3.88. The molecule has 4 aromatic rings. The summed E-state index contributed by atoms with van der Waals surface area (Å²) in [6.45, 7) is 2.18. The van der Waals surface area contributed by atoms with Crippen LogP contribution in [0.2, 0.25) is 0 Å². The lowest BCUT2D eigenvalue weighted by molar-refractivity contribution is -0.274. The lowest BCUT2D eigenvalue weighted by Crippen LogP contribution is -2.31. The number of nitrogens with two attached hydrogens (primary N) is 1. The van der Waals surface area contributed by atoms with Crippen LogP contribution in [0, 0.1) is 5.92 Å². The number of carbonyl (C=O) groups is 1. The number of nitrogens with zero attached hydrogens (tertiary/aromatic N) is 4. The lowest BCUT2D eigenvalue weighted by atomic mass is 9.87. The number of pyridine rings is 2. The van der Waals surface area contributed by atoms with E-state index in [4.69, 9.17) is 5.73 Å². The van der Waals surface area contributed by atoms with E-state index in [2.05, 4.69) is 19.7 Å². The molecule has 7 nitrogen and oxygen atoms in total. The number of amides is 1. The number of halogens is 3. The SMILES string of the molecule is C[C@H](c1ccccn1)C(Cc1nc2cccnc2n1Cc1ccc(OC(F)(F)F)cc1)C(N)=O. The highest BCUT2D eigenvalue weighted by Crippen LogP contribution is 2.28. The average Bonchev–Trinajstić information content (AvgIpc) is 3.15. The van der Waals surface area contributed by atoms with Gasteiger partial charge in [0.05, 0.1) is 12.5 Å². The Bertz CT molecular complexity index is 1270. The maximum atomic E-state index is 12.5. The van der Waals surface area contributed by atoms with E-state index >= 15 is 0 Å². The van der Waals surface area contributed by atoms with E-state index in [1.54, 1.807) is 36.7 Å². The van der Waals surface area contributed by atoms with Crippen molar-refractivity contribution >= 4 is 17.1 Å². The van der Waals surface area contributed by atoms with Crippen molar-refractivity contribution in [2.45, 2.75) is 32.2 Å². The number of fused-ring (bicyclic) bond motifs is 1. The van der Waals surface area contributed by atoms with E-state index < -0.39 is 18.2 Å². The fraction of sp³-hybridized carbons (Fsp3) is 0.250. The van der Waals surface area contributed by atoms with Crippen molar-refractivity contribution < 1.29 is 22.7 Å². The summed E-state index contributed by atoms with van der Waals surface area (Å²) in [5, 5.41) is 0. The van der Waals surface area contributed by atoms with Gasteiger partial charge in [0.2, 0.25) is 5.91 Å². The van der Waals surface area contributed by atoms with Crippen molar-refractivity contribution in [1.29, 1.82) is 0 Å². The molecule has 3 heterocycles. The van der Waals surface area contributed by atoms with E-state index in [9.17, 15) is 18.0 Å². The number of hydrogen-bond donors (Lipinski definition) is 1. The Balaban J connectivity index is 1.65. The third-order valence-corrected chi connectivity index (χ3v) is 5.61. The molecule has 4 rings (SSSR count). The number of rotatable bonds is 8. The van der Waals surface area contributed by atoms with Gasteiger partial charge in [-0.05, 0) is 42.0 Å². The quantitative estimate of drug-likeness (QED) is 0.417. The minimum Gasteiger partial charge on any atom is -0.406 e. The normalized spacial score (nSPS) is 13.5. The highest BCUT2D eigenvalue weighted by atomic mass is 19.4. The van der Waals surface area contributed by atoms with Gasteiger partial charge >= 0.3 is 6.36 Å². The molecule has 1 aromatic carbocycles. The predicted molar refractivity (Wildman–Crippen MR) is 119 cm³/mol. The molecule has 176 valence electrons. The molecule has 0 spiro atoms. The second-order valence-corrected chi connectivity index (χ2v) is 7.91. The Morgan fingerprint density at radius 1 is 1.06 bits per heavy atom. The average molecular weight is 469 g/mol. The van der Waals surface area contributed by atoms with Crippen LogP contribution in [0.4, 0.5) is 13.2 Å². The van der Waals surface area contributed by atoms with Gasteiger partial charge in [-0.2, -0.15) is 0 Å². The number of carbonyl (C=O) groups excluding carboxylic acids is 1. The van der Waals surface area contributed by atoms with Crippen LogP contribution in [-0.2, 0) is 17.8 Å². The Labute approximate surface area is 193 Å². The van der Waals surface area contributed by atoms with Crippen molar-refractivity contribution in [3.8, 4) is 5.75 Å². The van der Waals surface area contributed by atoms with E-state index in [-0.39, 0.29) is 18.1 Å². The second-order valence-electron chi connectivity index (χ2n) is 7.91. The van der Waals surface area contributed by atoms with Gasteiger partial charge < -0.3 is 15.0 Å². The van der Waals surface area contributed by atoms with Crippen LogP contribution in [0.5, 0.6) is 5.75 Å². The van der Waals surface area contributed by atoms with Crippen LogP contribution in [0.1, 0.15) is 29.9 Å². The third-order valence-electron chi connectivity index (χ3n) is 5.61. The molecule has 1 amide bonds. The summed E-state index contributed by atoms with van der Waals surface area (Å²) in [6, 6.07) is 14.7. The summed E-state index contributed by atoms with van der Waals surface area (Å²) in [7, 11) is 0. The first kappa shape index (κ1) is 23.2. The Hall–Kier alpha value is -3.95. The minimum absolute atomic E-state index is 0.249. The zero-order valence-corrected chi connectivity index (χ0v) is 18.2. The third kappa shape index (κ3) is 5.33. The molecule has 0 aliphatic rings. The number of benzene rings is 1. The fourth-order valence-electron chi connectivity index (χ4n) is 3.88. The van der Waals surface area contributed by atoms with Gasteiger partial charge in [-0.3, -0.25) is 9.78 Å². The Kier molecular flexibility index (Phi) is 6.49. The van der Waals surface area contributed by atoms with Crippen molar-refractivity contribution in [1.82, 2.24) is 19.5 Å². The van der Waals surface area contributed by atoms with Crippen LogP contribution in [0.25, 0.3) is 11.2 Å². The molecule has 1 unspecified atom stereocenters. The molecule has 0 fully saturated rings. The van der Waals surface area contributed by atoms with Gasteiger partial charge in [0.15, 0.2) is 5.65 Å². The summed E-state index contributed by atoms with van der Waals surface area (Å²) < 4.78 is 43.2. The lowest BCUT2D eigenvalue weighted by Gasteiger charge is -2.21. The monoisotopic (exact) mass is 469 g/mol. The number of alkyl halides is 3. The molecule has 2 atom stereocenters. The molecule has 0 saturated heterocycles. The van der Waals surface area contributed by atoms with Gasteiger partial charge in [-0.15, -0.1) is 13.2 Å². The number of ether oxygens (including phenoxy) is 1. The molecule has 34 heavy (non-hydrogen) atoms. The summed E-state index contributed by atoms with van der Waals surface area (Å²) >= 11 is 0. The van der Waals surface area contributed by atoms with Crippen molar-refractivity contribution in [2.24, 2.45) is 11.7 Å². The summed E-state index contributed by atoms with van der Waals surface area (Å²) in [5.74, 6) is -1.01. The van der Waals surface area contributed by atoms with Gasteiger partial charge in [-0.25, -0.2) is 9.97 Å². The minimum atomic E-state index is -4.76. The van der Waals surface area contributed by atoms with Crippen LogP contribution < -0.4 is 10.5 Å². The van der Waals surface area contributed by atoms with Crippen LogP contribution in [0.3, 0.4) is 0 Å². The molecule has 0 bridgehead atoms. The highest BCUT2D eigenvalue weighted by Gasteiger charge is 2.31. The van der Waals surface area contributed by atoms with Gasteiger partial charge in [0.25, 0.3) is 0 Å². The molecular formula is C24H22F3N5O2. The smallest absolute Gasteiger partial charge is 0.406 e. The molecule has 0 radical (unpaired) electrons. The van der Waals surface area contributed by atoms with Gasteiger partial charge in [-0.1, -0.05) is 25.1 Å². The summed E-state index contributed by atoms with van der Waals surface area (Å²) in [6.07, 6.45) is -1.21. The maximum Gasteiger partial charge on any atom is 0.573 e. The van der Waals surface area contributed by atoms with Crippen LogP contribution in [-0.4, -0.2) is 31.8 Å². The van der Waals surface area contributed by atoms with Crippen LogP contribution >= 0.6 is 0 Å². The molecular weight excluding hydrogens is 447 g/mol. The van der Waals surface area contributed by atoms with Crippen molar-refractivity contribution in [3.05, 3.63) is 84.1 Å². The Morgan fingerprint density at radius 2 is 1.79 bits per heavy atom.